The molecule has 2 aromatic carbocycles. The summed E-state index contributed by atoms with van der Waals surface area (Å²) in [4.78, 5) is 0.0291. The van der Waals surface area contributed by atoms with Crippen LogP contribution in [0.4, 0.5) is 0 Å². The zero-order chi connectivity index (χ0) is 19.2. The van der Waals surface area contributed by atoms with Crippen molar-refractivity contribution >= 4 is 10.0 Å². The Morgan fingerprint density at radius 3 is 2.31 bits per heavy atom. The fourth-order valence-corrected chi connectivity index (χ4v) is 3.38. The van der Waals surface area contributed by atoms with Crippen molar-refractivity contribution in [2.24, 2.45) is 0 Å². The van der Waals surface area contributed by atoms with Crippen molar-refractivity contribution in [3.05, 3.63) is 47.5 Å². The van der Waals surface area contributed by atoms with Crippen LogP contribution in [-0.2, 0) is 16.6 Å². The van der Waals surface area contributed by atoms with Gasteiger partial charge in [0.2, 0.25) is 15.8 Å². The standard InChI is InChI=1S/C18H20N2O5S/c1-4-25-18-16(23-2)9-14(10-17(18)24-3)12-20-26(21,22)15-7-5-6-13(8-15)11-19/h5-10,20H,4,12H2,1-3H3. The summed E-state index contributed by atoms with van der Waals surface area (Å²) in [5.41, 5.74) is 0.916. The van der Waals surface area contributed by atoms with Gasteiger partial charge in [0.25, 0.3) is 0 Å². The summed E-state index contributed by atoms with van der Waals surface area (Å²) in [7, 11) is -0.767. The smallest absolute Gasteiger partial charge is 0.240 e. The Bertz CT molecular complexity index is 894. The molecule has 0 fully saturated rings. The van der Waals surface area contributed by atoms with Gasteiger partial charge in [0, 0.05) is 6.54 Å². The molecule has 0 heterocycles. The lowest BCUT2D eigenvalue weighted by molar-refractivity contribution is 0.288. The average Bonchev–Trinajstić information content (AvgIpc) is 2.67. The SMILES string of the molecule is CCOc1c(OC)cc(CNS(=O)(=O)c2cccc(C#N)c2)cc1OC. The Kier molecular flexibility index (Phi) is 6.44. The van der Waals surface area contributed by atoms with Crippen molar-refractivity contribution in [3.8, 4) is 23.3 Å². The molecule has 1 N–H and O–H groups in total. The topological polar surface area (TPSA) is 97.6 Å². The quantitative estimate of drug-likeness (QED) is 0.760. The van der Waals surface area contributed by atoms with Gasteiger partial charge in [-0.2, -0.15) is 5.26 Å². The number of nitrogens with zero attached hydrogens (tertiary/aromatic N) is 1. The van der Waals surface area contributed by atoms with E-state index in [1.165, 1.54) is 32.4 Å². The van der Waals surface area contributed by atoms with E-state index in [1.54, 1.807) is 18.2 Å². The molecule has 0 unspecified atom stereocenters. The van der Waals surface area contributed by atoms with Crippen molar-refractivity contribution < 1.29 is 22.6 Å². The van der Waals surface area contributed by atoms with E-state index in [4.69, 9.17) is 19.5 Å². The van der Waals surface area contributed by atoms with Gasteiger partial charge in [0.05, 0.1) is 37.4 Å². The average molecular weight is 376 g/mol. The summed E-state index contributed by atoms with van der Waals surface area (Å²) in [6.45, 7) is 2.31. The second-order valence-corrected chi connectivity index (χ2v) is 6.99. The van der Waals surface area contributed by atoms with Crippen LogP contribution in [0.1, 0.15) is 18.1 Å². The maximum absolute atomic E-state index is 12.4. The second-order valence-electron chi connectivity index (χ2n) is 5.23. The summed E-state index contributed by atoms with van der Waals surface area (Å²) in [6.07, 6.45) is 0. The second kappa shape index (κ2) is 8.56. The predicted molar refractivity (Wildman–Crippen MR) is 95.9 cm³/mol. The van der Waals surface area contributed by atoms with E-state index in [0.29, 0.717) is 29.4 Å². The van der Waals surface area contributed by atoms with Crippen molar-refractivity contribution in [3.63, 3.8) is 0 Å². The lowest BCUT2D eigenvalue weighted by atomic mass is 10.2. The first-order valence-electron chi connectivity index (χ1n) is 7.82. The third-order valence-electron chi connectivity index (χ3n) is 3.55. The van der Waals surface area contributed by atoms with E-state index < -0.39 is 10.0 Å². The Morgan fingerprint density at radius 1 is 1.12 bits per heavy atom. The van der Waals surface area contributed by atoms with E-state index in [1.807, 2.05) is 13.0 Å². The molecule has 0 radical (unpaired) electrons. The van der Waals surface area contributed by atoms with Gasteiger partial charge in [-0.15, -0.1) is 0 Å². The van der Waals surface area contributed by atoms with Crippen LogP contribution >= 0.6 is 0 Å². The third-order valence-corrected chi connectivity index (χ3v) is 4.95. The number of sulfonamides is 1. The number of benzene rings is 2. The molecule has 0 bridgehead atoms. The fraction of sp³-hybridized carbons (Fsp3) is 0.278. The lowest BCUT2D eigenvalue weighted by Crippen LogP contribution is -2.23. The van der Waals surface area contributed by atoms with Gasteiger partial charge in [-0.3, -0.25) is 0 Å². The number of nitriles is 1. The summed E-state index contributed by atoms with van der Waals surface area (Å²) in [5.74, 6) is 1.37. The summed E-state index contributed by atoms with van der Waals surface area (Å²) >= 11 is 0. The molecule has 0 aliphatic carbocycles. The van der Waals surface area contributed by atoms with E-state index in [2.05, 4.69) is 4.72 Å². The number of hydrogen-bond donors (Lipinski definition) is 1. The Labute approximate surface area is 153 Å². The summed E-state index contributed by atoms with van der Waals surface area (Å²) in [6, 6.07) is 11.1. The van der Waals surface area contributed by atoms with Crippen molar-refractivity contribution in [1.29, 1.82) is 5.26 Å². The summed E-state index contributed by atoms with van der Waals surface area (Å²) in [5, 5.41) is 8.92. The molecule has 0 spiro atoms. The van der Waals surface area contributed by atoms with E-state index >= 15 is 0 Å². The molecule has 138 valence electrons. The van der Waals surface area contributed by atoms with Crippen LogP contribution in [0.2, 0.25) is 0 Å². The van der Waals surface area contributed by atoms with E-state index in [0.717, 1.165) is 0 Å². The highest BCUT2D eigenvalue weighted by Gasteiger charge is 2.17. The van der Waals surface area contributed by atoms with Crippen LogP contribution in [-0.4, -0.2) is 29.2 Å². The van der Waals surface area contributed by atoms with Crippen molar-refractivity contribution in [1.82, 2.24) is 4.72 Å². The van der Waals surface area contributed by atoms with Crippen LogP contribution in [0.3, 0.4) is 0 Å². The highest BCUT2D eigenvalue weighted by molar-refractivity contribution is 7.89. The molecule has 0 amide bonds. The van der Waals surface area contributed by atoms with E-state index in [-0.39, 0.29) is 17.0 Å². The minimum Gasteiger partial charge on any atom is -0.493 e. The number of rotatable bonds is 8. The summed E-state index contributed by atoms with van der Waals surface area (Å²) < 4.78 is 43.5. The molecular weight excluding hydrogens is 356 g/mol. The van der Waals surface area contributed by atoms with E-state index in [9.17, 15) is 8.42 Å². The zero-order valence-corrected chi connectivity index (χ0v) is 15.6. The van der Waals surface area contributed by atoms with Gasteiger partial charge >= 0.3 is 0 Å². The van der Waals surface area contributed by atoms with Gasteiger partial charge < -0.3 is 14.2 Å². The largest absolute Gasteiger partial charge is 0.493 e. The number of nitrogens with one attached hydrogen (secondary N) is 1. The normalized spacial score (nSPS) is 10.8. The molecule has 0 aromatic heterocycles. The molecule has 0 aliphatic rings. The first kappa shape index (κ1) is 19.6. The van der Waals surface area contributed by atoms with Gasteiger partial charge in [0.15, 0.2) is 11.5 Å². The minimum atomic E-state index is -3.76. The molecule has 7 nitrogen and oxygen atoms in total. The zero-order valence-electron chi connectivity index (χ0n) is 14.8. The van der Waals surface area contributed by atoms with Crippen LogP contribution < -0.4 is 18.9 Å². The first-order chi connectivity index (χ1) is 12.4. The predicted octanol–water partition coefficient (Wildman–Crippen LogP) is 2.45. The monoisotopic (exact) mass is 376 g/mol. The Hall–Kier alpha value is -2.76. The maximum atomic E-state index is 12.4. The molecule has 2 aromatic rings. The Balaban J connectivity index is 2.27. The van der Waals surface area contributed by atoms with Gasteiger partial charge in [-0.25, -0.2) is 13.1 Å². The minimum absolute atomic E-state index is 0.0260. The maximum Gasteiger partial charge on any atom is 0.240 e. The number of ether oxygens (including phenoxy) is 3. The first-order valence-corrected chi connectivity index (χ1v) is 9.31. The van der Waals surface area contributed by atoms with Crippen molar-refractivity contribution in [2.45, 2.75) is 18.4 Å². The highest BCUT2D eigenvalue weighted by Crippen LogP contribution is 2.38. The van der Waals surface area contributed by atoms with Crippen LogP contribution in [0, 0.1) is 11.3 Å². The highest BCUT2D eigenvalue weighted by atomic mass is 32.2. The fourth-order valence-electron chi connectivity index (χ4n) is 2.32. The van der Waals surface area contributed by atoms with Crippen LogP contribution in [0.5, 0.6) is 17.2 Å². The molecule has 0 atom stereocenters. The van der Waals surface area contributed by atoms with Crippen LogP contribution in [0.15, 0.2) is 41.3 Å². The Morgan fingerprint density at radius 2 is 1.77 bits per heavy atom. The molecule has 0 saturated heterocycles. The number of methoxy groups -OCH3 is 2. The van der Waals surface area contributed by atoms with Crippen molar-refractivity contribution in [2.75, 3.05) is 20.8 Å². The molecule has 0 aliphatic heterocycles. The molecule has 26 heavy (non-hydrogen) atoms. The lowest BCUT2D eigenvalue weighted by Gasteiger charge is -2.15. The molecule has 2 rings (SSSR count). The number of hydrogen-bond acceptors (Lipinski definition) is 6. The molecule has 0 saturated carbocycles. The van der Waals surface area contributed by atoms with Crippen LogP contribution in [0.25, 0.3) is 0 Å². The molecule has 8 heteroatoms. The third kappa shape index (κ3) is 4.45. The van der Waals surface area contributed by atoms with Gasteiger partial charge in [-0.05, 0) is 42.8 Å². The van der Waals surface area contributed by atoms with Gasteiger partial charge in [0.1, 0.15) is 0 Å². The van der Waals surface area contributed by atoms with Gasteiger partial charge in [-0.1, -0.05) is 6.07 Å². The molecular formula is C18H20N2O5S.